The van der Waals surface area contributed by atoms with Gasteiger partial charge in [0.25, 0.3) is 0 Å². The van der Waals surface area contributed by atoms with Gasteiger partial charge in [0.1, 0.15) is 8.07 Å². The van der Waals surface area contributed by atoms with Gasteiger partial charge in [-0.05, 0) is 11.9 Å². The minimum atomic E-state index is -1.18. The van der Waals surface area contributed by atoms with Crippen LogP contribution >= 0.6 is 11.9 Å². The van der Waals surface area contributed by atoms with E-state index in [1.54, 1.807) is 11.9 Å². The molecule has 0 N–H and O–H groups in total. The maximum absolute atomic E-state index is 4.22. The Hall–Kier alpha value is -0.203. The van der Waals surface area contributed by atoms with E-state index in [9.17, 15) is 0 Å². The monoisotopic (exact) mass is 183 g/mol. The second kappa shape index (κ2) is 3.46. The first-order chi connectivity index (χ1) is 5.08. The molecular formula is C8H13NSSi. The van der Waals surface area contributed by atoms with E-state index in [1.165, 1.54) is 0 Å². The van der Waals surface area contributed by atoms with Gasteiger partial charge in [0.15, 0.2) is 0 Å². The Morgan fingerprint density at radius 3 is 2.64 bits per heavy atom. The van der Waals surface area contributed by atoms with Gasteiger partial charge in [0.05, 0.1) is 5.71 Å². The van der Waals surface area contributed by atoms with Crippen LogP contribution in [0.1, 0.15) is 6.42 Å². The van der Waals surface area contributed by atoms with Crippen molar-refractivity contribution in [3.05, 3.63) is 0 Å². The van der Waals surface area contributed by atoms with Gasteiger partial charge < -0.3 is 0 Å². The van der Waals surface area contributed by atoms with Gasteiger partial charge in [0.2, 0.25) is 0 Å². The van der Waals surface area contributed by atoms with Crippen LogP contribution in [0.25, 0.3) is 0 Å². The molecular weight excluding hydrogens is 170 g/mol. The van der Waals surface area contributed by atoms with Crippen LogP contribution in [-0.2, 0) is 0 Å². The Labute approximate surface area is 73.8 Å². The molecule has 0 radical (unpaired) electrons. The topological polar surface area (TPSA) is 12.4 Å². The quantitative estimate of drug-likeness (QED) is 0.319. The van der Waals surface area contributed by atoms with E-state index in [4.69, 9.17) is 0 Å². The van der Waals surface area contributed by atoms with Crippen molar-refractivity contribution in [3.63, 3.8) is 0 Å². The minimum absolute atomic E-state index is 1.07. The Kier molecular flexibility index (Phi) is 2.80. The Morgan fingerprint density at radius 1 is 1.45 bits per heavy atom. The number of hydrogen-bond acceptors (Lipinski definition) is 2. The average molecular weight is 183 g/mol. The molecule has 1 heterocycles. The molecule has 0 aliphatic carbocycles. The van der Waals surface area contributed by atoms with Gasteiger partial charge in [-0.2, -0.15) is 0 Å². The SMILES string of the molecule is C[Si](C)(C)C#CC1=NSCC1. The molecule has 3 heteroatoms. The molecule has 0 bridgehead atoms. The molecule has 0 amide bonds. The van der Waals surface area contributed by atoms with Crippen molar-refractivity contribution in [2.45, 2.75) is 26.1 Å². The summed E-state index contributed by atoms with van der Waals surface area (Å²) in [5.41, 5.74) is 4.40. The summed E-state index contributed by atoms with van der Waals surface area (Å²) in [7, 11) is -1.18. The third-order valence-corrected chi connectivity index (χ3v) is 2.80. The molecule has 0 fully saturated rings. The fourth-order valence-electron chi connectivity index (χ4n) is 0.656. The van der Waals surface area contributed by atoms with E-state index < -0.39 is 8.07 Å². The highest BCUT2D eigenvalue weighted by molar-refractivity contribution is 7.98. The predicted octanol–water partition coefficient (Wildman–Crippen LogP) is 2.36. The molecule has 11 heavy (non-hydrogen) atoms. The van der Waals surface area contributed by atoms with Crippen molar-refractivity contribution < 1.29 is 0 Å². The first kappa shape index (κ1) is 8.89. The van der Waals surface area contributed by atoms with Gasteiger partial charge in [-0.3, -0.25) is 0 Å². The third-order valence-electron chi connectivity index (χ3n) is 1.19. The van der Waals surface area contributed by atoms with Crippen molar-refractivity contribution in [3.8, 4) is 11.5 Å². The lowest BCUT2D eigenvalue weighted by Gasteiger charge is -2.02. The van der Waals surface area contributed by atoms with Crippen LogP contribution in [0.2, 0.25) is 19.6 Å². The summed E-state index contributed by atoms with van der Waals surface area (Å²) in [4.78, 5) is 0. The fraction of sp³-hybridized carbons (Fsp3) is 0.625. The number of hydrogen-bond donors (Lipinski definition) is 0. The van der Waals surface area contributed by atoms with Gasteiger partial charge in [0, 0.05) is 12.2 Å². The molecule has 60 valence electrons. The summed E-state index contributed by atoms with van der Waals surface area (Å²) in [6, 6.07) is 0. The van der Waals surface area contributed by atoms with Crippen molar-refractivity contribution in [2.75, 3.05) is 5.75 Å². The normalized spacial score (nSPS) is 17.2. The summed E-state index contributed by atoms with van der Waals surface area (Å²) in [6.07, 6.45) is 1.07. The van der Waals surface area contributed by atoms with Crippen LogP contribution in [0.5, 0.6) is 0 Å². The van der Waals surface area contributed by atoms with Crippen molar-refractivity contribution in [2.24, 2.45) is 4.40 Å². The standard InChI is InChI=1S/C8H13NSSi/c1-11(2,3)7-5-8-4-6-10-9-8/h4,6H2,1-3H3. The largest absolute Gasteiger partial charge is 0.212 e. The Bertz CT molecular complexity index is 229. The summed E-state index contributed by atoms with van der Waals surface area (Å²) in [6.45, 7) is 6.76. The molecule has 1 rings (SSSR count). The summed E-state index contributed by atoms with van der Waals surface area (Å²) >= 11 is 1.63. The van der Waals surface area contributed by atoms with E-state index in [2.05, 4.69) is 35.5 Å². The van der Waals surface area contributed by atoms with Crippen LogP contribution in [0.3, 0.4) is 0 Å². The van der Waals surface area contributed by atoms with E-state index in [0.29, 0.717) is 0 Å². The molecule has 0 aromatic carbocycles. The third kappa shape index (κ3) is 3.64. The molecule has 0 unspecified atom stereocenters. The van der Waals surface area contributed by atoms with Crippen molar-refractivity contribution in [1.82, 2.24) is 0 Å². The van der Waals surface area contributed by atoms with E-state index in [-0.39, 0.29) is 0 Å². The van der Waals surface area contributed by atoms with E-state index >= 15 is 0 Å². The molecule has 0 aromatic rings. The maximum atomic E-state index is 4.22. The highest BCUT2D eigenvalue weighted by Gasteiger charge is 2.09. The minimum Gasteiger partial charge on any atom is -0.212 e. The molecule has 0 aromatic heterocycles. The van der Waals surface area contributed by atoms with Gasteiger partial charge in [-0.1, -0.05) is 25.6 Å². The predicted molar refractivity (Wildman–Crippen MR) is 55.6 cm³/mol. The van der Waals surface area contributed by atoms with Crippen LogP contribution < -0.4 is 0 Å². The summed E-state index contributed by atoms with van der Waals surface area (Å²) < 4.78 is 4.22. The zero-order valence-corrected chi connectivity index (χ0v) is 9.09. The van der Waals surface area contributed by atoms with E-state index in [1.807, 2.05) is 0 Å². The average Bonchev–Trinajstić information content (AvgIpc) is 2.32. The first-order valence-electron chi connectivity index (χ1n) is 3.80. The molecule has 1 aliphatic heterocycles. The first-order valence-corrected chi connectivity index (χ1v) is 8.24. The van der Waals surface area contributed by atoms with Gasteiger partial charge in [-0.15, -0.1) is 5.54 Å². The van der Waals surface area contributed by atoms with Crippen LogP contribution in [0, 0.1) is 11.5 Å². The van der Waals surface area contributed by atoms with Crippen LogP contribution in [0.15, 0.2) is 4.40 Å². The van der Waals surface area contributed by atoms with E-state index in [0.717, 1.165) is 17.9 Å². The van der Waals surface area contributed by atoms with Crippen LogP contribution in [-0.4, -0.2) is 19.5 Å². The lowest BCUT2D eigenvalue weighted by atomic mass is 10.3. The van der Waals surface area contributed by atoms with Gasteiger partial charge >= 0.3 is 0 Å². The Balaban J connectivity index is 2.56. The summed E-state index contributed by atoms with van der Waals surface area (Å²) in [5.74, 6) is 4.28. The lowest BCUT2D eigenvalue weighted by Crippen LogP contribution is -2.16. The second-order valence-corrected chi connectivity index (χ2v) is 9.22. The smallest absolute Gasteiger partial charge is 0.129 e. The molecule has 0 saturated heterocycles. The Morgan fingerprint density at radius 2 is 2.18 bits per heavy atom. The highest BCUT2D eigenvalue weighted by Crippen LogP contribution is 2.14. The molecule has 0 atom stereocenters. The zero-order valence-electron chi connectivity index (χ0n) is 7.27. The maximum Gasteiger partial charge on any atom is 0.129 e. The molecule has 1 nitrogen and oxygen atoms in total. The van der Waals surface area contributed by atoms with Crippen LogP contribution in [0.4, 0.5) is 0 Å². The van der Waals surface area contributed by atoms with Gasteiger partial charge in [-0.25, -0.2) is 4.40 Å². The number of nitrogens with zero attached hydrogens (tertiary/aromatic N) is 1. The molecule has 0 saturated carbocycles. The van der Waals surface area contributed by atoms with Crippen molar-refractivity contribution >= 4 is 25.7 Å². The zero-order chi connectivity index (χ0) is 8.32. The highest BCUT2D eigenvalue weighted by atomic mass is 32.2. The second-order valence-electron chi connectivity index (χ2n) is 3.62. The molecule has 1 aliphatic rings. The fourth-order valence-corrected chi connectivity index (χ4v) is 1.84. The number of rotatable bonds is 0. The summed E-state index contributed by atoms with van der Waals surface area (Å²) in [5, 5.41) is 0. The van der Waals surface area contributed by atoms with Crippen molar-refractivity contribution in [1.29, 1.82) is 0 Å². The lowest BCUT2D eigenvalue weighted by molar-refractivity contribution is 1.37. The molecule has 0 spiro atoms.